The summed E-state index contributed by atoms with van der Waals surface area (Å²) in [6, 6.07) is 13.3. The molecule has 0 amide bonds. The second kappa shape index (κ2) is 9.56. The summed E-state index contributed by atoms with van der Waals surface area (Å²) in [6.45, 7) is 9.18. The van der Waals surface area contributed by atoms with Gasteiger partial charge < -0.3 is 4.74 Å². The Morgan fingerprint density at radius 1 is 1.17 bits per heavy atom. The molecule has 3 aromatic rings. The summed E-state index contributed by atoms with van der Waals surface area (Å²) in [4.78, 5) is 17.8. The molecular formula is C24H28BrN3O2. The van der Waals surface area contributed by atoms with Crippen molar-refractivity contribution in [3.05, 3.63) is 68.7 Å². The van der Waals surface area contributed by atoms with E-state index in [1.807, 2.05) is 36.4 Å². The van der Waals surface area contributed by atoms with E-state index in [4.69, 9.17) is 9.72 Å². The quantitative estimate of drug-likeness (QED) is 0.410. The lowest BCUT2D eigenvalue weighted by Gasteiger charge is -2.18. The maximum atomic E-state index is 13.1. The van der Waals surface area contributed by atoms with Crippen molar-refractivity contribution >= 4 is 33.0 Å². The van der Waals surface area contributed by atoms with Gasteiger partial charge in [0.2, 0.25) is 0 Å². The first kappa shape index (κ1) is 22.2. The van der Waals surface area contributed by atoms with Gasteiger partial charge in [0, 0.05) is 10.9 Å². The third-order valence-corrected chi connectivity index (χ3v) is 5.00. The first-order valence-corrected chi connectivity index (χ1v) is 11.0. The van der Waals surface area contributed by atoms with Crippen LogP contribution in [0.2, 0.25) is 0 Å². The Balaban J connectivity index is 1.90. The van der Waals surface area contributed by atoms with E-state index in [9.17, 15) is 4.79 Å². The van der Waals surface area contributed by atoms with Gasteiger partial charge in [0.05, 0.1) is 23.7 Å². The van der Waals surface area contributed by atoms with Crippen LogP contribution in [0.5, 0.6) is 5.75 Å². The van der Waals surface area contributed by atoms with E-state index in [2.05, 4.69) is 48.7 Å². The molecule has 0 fully saturated rings. The van der Waals surface area contributed by atoms with Gasteiger partial charge in [-0.15, -0.1) is 0 Å². The number of unbranched alkanes of at least 4 members (excludes halogenated alkanes) is 1. The summed E-state index contributed by atoms with van der Waals surface area (Å²) in [6.07, 6.45) is 4.36. The highest BCUT2D eigenvalue weighted by atomic mass is 79.9. The summed E-state index contributed by atoms with van der Waals surface area (Å²) < 4.78 is 8.09. The molecular weight excluding hydrogens is 442 g/mol. The van der Waals surface area contributed by atoms with Crippen LogP contribution < -0.4 is 10.3 Å². The van der Waals surface area contributed by atoms with Crippen molar-refractivity contribution in [2.75, 3.05) is 6.61 Å². The summed E-state index contributed by atoms with van der Waals surface area (Å²) in [5, 5.41) is 5.03. The van der Waals surface area contributed by atoms with Crippen LogP contribution in [0.3, 0.4) is 0 Å². The number of hydrogen-bond acceptors (Lipinski definition) is 4. The fourth-order valence-corrected chi connectivity index (χ4v) is 3.25. The molecule has 0 atom stereocenters. The molecule has 3 rings (SSSR count). The molecule has 0 radical (unpaired) electrons. The normalized spacial score (nSPS) is 12.0. The molecule has 0 bridgehead atoms. The molecule has 30 heavy (non-hydrogen) atoms. The summed E-state index contributed by atoms with van der Waals surface area (Å²) in [5.41, 5.74) is 1.53. The van der Waals surface area contributed by atoms with E-state index in [-0.39, 0.29) is 11.0 Å². The van der Waals surface area contributed by atoms with E-state index in [1.165, 1.54) is 4.68 Å². The second-order valence-electron chi connectivity index (χ2n) is 8.57. The van der Waals surface area contributed by atoms with Gasteiger partial charge in [-0.25, -0.2) is 4.98 Å². The number of rotatable bonds is 7. The molecule has 5 nitrogen and oxygen atoms in total. The maximum absolute atomic E-state index is 13.1. The third-order valence-electron chi connectivity index (χ3n) is 4.50. The Bertz CT molecular complexity index is 1100. The molecule has 158 valence electrons. The fraction of sp³-hybridized carbons (Fsp3) is 0.375. The zero-order chi connectivity index (χ0) is 21.7. The number of halogens is 1. The lowest BCUT2D eigenvalue weighted by Crippen LogP contribution is -2.22. The molecule has 1 aromatic heterocycles. The number of nitrogens with zero attached hydrogens (tertiary/aromatic N) is 3. The lowest BCUT2D eigenvalue weighted by molar-refractivity contribution is 0.198. The van der Waals surface area contributed by atoms with Gasteiger partial charge in [-0.05, 0) is 59.9 Å². The summed E-state index contributed by atoms with van der Waals surface area (Å²) in [5.74, 6) is 1.50. The van der Waals surface area contributed by atoms with E-state index >= 15 is 0 Å². The van der Waals surface area contributed by atoms with Gasteiger partial charge >= 0.3 is 0 Å². The van der Waals surface area contributed by atoms with Gasteiger partial charge in [0.1, 0.15) is 11.6 Å². The van der Waals surface area contributed by atoms with Crippen LogP contribution in [0.4, 0.5) is 0 Å². The van der Waals surface area contributed by atoms with Crippen LogP contribution >= 0.6 is 15.9 Å². The van der Waals surface area contributed by atoms with Crippen LogP contribution in [0, 0.1) is 5.41 Å². The van der Waals surface area contributed by atoms with E-state index < -0.39 is 0 Å². The molecule has 6 heteroatoms. The average molecular weight is 470 g/mol. The highest BCUT2D eigenvalue weighted by molar-refractivity contribution is 9.10. The Kier molecular flexibility index (Phi) is 7.08. The van der Waals surface area contributed by atoms with Crippen LogP contribution in [-0.4, -0.2) is 22.5 Å². The van der Waals surface area contributed by atoms with E-state index in [0.29, 0.717) is 29.8 Å². The molecule has 0 aliphatic rings. The lowest BCUT2D eigenvalue weighted by atomic mass is 9.99. The number of fused-ring (bicyclic) bond motifs is 1. The maximum Gasteiger partial charge on any atom is 0.282 e. The highest BCUT2D eigenvalue weighted by Gasteiger charge is 2.12. The number of aryl methyl sites for hydroxylation is 1. The Morgan fingerprint density at radius 3 is 2.57 bits per heavy atom. The Hall–Kier alpha value is -2.47. The third kappa shape index (κ3) is 5.79. The minimum Gasteiger partial charge on any atom is -0.493 e. The molecule has 0 aliphatic heterocycles. The molecule has 2 aromatic carbocycles. The highest BCUT2D eigenvalue weighted by Crippen LogP contribution is 2.19. The minimum absolute atomic E-state index is 0.105. The zero-order valence-electron chi connectivity index (χ0n) is 18.0. The van der Waals surface area contributed by atoms with Gasteiger partial charge in [0.15, 0.2) is 0 Å². The topological polar surface area (TPSA) is 56.5 Å². The number of hydrogen-bond donors (Lipinski definition) is 0. The summed E-state index contributed by atoms with van der Waals surface area (Å²) in [7, 11) is 0. The fourth-order valence-electron chi connectivity index (χ4n) is 2.88. The molecule has 0 aliphatic carbocycles. The van der Waals surface area contributed by atoms with Gasteiger partial charge in [-0.3, -0.25) is 4.79 Å². The molecule has 0 saturated carbocycles. The predicted octanol–water partition coefficient (Wildman–Crippen LogP) is 5.81. The molecule has 0 N–H and O–H groups in total. The molecule has 0 spiro atoms. The number of aromatic nitrogens is 2. The summed E-state index contributed by atoms with van der Waals surface area (Å²) >= 11 is 3.43. The second-order valence-corrected chi connectivity index (χ2v) is 9.49. The SMILES string of the molecule is CCCCc1nc2ccc(Br)cc2c(=O)n1N=Cc1ccc(OCC(C)(C)C)cc1. The Labute approximate surface area is 185 Å². The van der Waals surface area contributed by atoms with Crippen LogP contribution in [0.1, 0.15) is 51.9 Å². The molecule has 0 saturated heterocycles. The van der Waals surface area contributed by atoms with Crippen LogP contribution in [-0.2, 0) is 6.42 Å². The van der Waals surface area contributed by atoms with Gasteiger partial charge in [-0.1, -0.05) is 50.0 Å². The van der Waals surface area contributed by atoms with Crippen molar-refractivity contribution in [2.45, 2.75) is 47.0 Å². The van der Waals surface area contributed by atoms with Crippen molar-refractivity contribution in [1.29, 1.82) is 0 Å². The predicted molar refractivity (Wildman–Crippen MR) is 127 cm³/mol. The zero-order valence-corrected chi connectivity index (χ0v) is 19.6. The van der Waals surface area contributed by atoms with Gasteiger partial charge in [-0.2, -0.15) is 9.78 Å². The van der Waals surface area contributed by atoms with Crippen molar-refractivity contribution < 1.29 is 4.74 Å². The van der Waals surface area contributed by atoms with E-state index in [1.54, 1.807) is 12.3 Å². The van der Waals surface area contributed by atoms with Gasteiger partial charge in [0.25, 0.3) is 5.56 Å². The standard InChI is InChI=1S/C24H28BrN3O2/c1-5-6-7-22-27-21-13-10-18(25)14-20(21)23(29)28(22)26-15-17-8-11-19(12-9-17)30-16-24(2,3)4/h8-15H,5-7,16H2,1-4H3. The van der Waals surface area contributed by atoms with E-state index in [0.717, 1.165) is 28.6 Å². The number of benzene rings is 2. The van der Waals surface area contributed by atoms with Crippen LogP contribution in [0.25, 0.3) is 10.9 Å². The first-order valence-electron chi connectivity index (χ1n) is 10.3. The first-order chi connectivity index (χ1) is 14.3. The van der Waals surface area contributed by atoms with Crippen molar-refractivity contribution in [3.8, 4) is 5.75 Å². The van der Waals surface area contributed by atoms with Crippen LogP contribution in [0.15, 0.2) is 56.8 Å². The average Bonchev–Trinajstić information content (AvgIpc) is 2.71. The molecule has 1 heterocycles. The van der Waals surface area contributed by atoms with Crippen molar-refractivity contribution in [2.24, 2.45) is 10.5 Å². The minimum atomic E-state index is -0.159. The largest absolute Gasteiger partial charge is 0.493 e. The Morgan fingerprint density at radius 2 is 1.90 bits per heavy atom. The molecule has 0 unspecified atom stereocenters. The smallest absolute Gasteiger partial charge is 0.282 e. The van der Waals surface area contributed by atoms with Crippen molar-refractivity contribution in [3.63, 3.8) is 0 Å². The van der Waals surface area contributed by atoms with Crippen molar-refractivity contribution in [1.82, 2.24) is 9.66 Å². The number of ether oxygens (including phenoxy) is 1. The monoisotopic (exact) mass is 469 g/mol.